The number of benzene rings is 5. The lowest BCUT2D eigenvalue weighted by Crippen LogP contribution is -2.32. The molecular weight excluding hydrogens is 400 g/mol. The quantitative estimate of drug-likeness (QED) is 0.317. The molecule has 0 bridgehead atoms. The Morgan fingerprint density at radius 3 is 1.64 bits per heavy atom. The van der Waals surface area contributed by atoms with Gasteiger partial charge in [0.1, 0.15) is 0 Å². The zero-order valence-electron chi connectivity index (χ0n) is 18.5. The Hall–Kier alpha value is -4.04. The van der Waals surface area contributed by atoms with Crippen LogP contribution in [-0.4, -0.2) is 0 Å². The fourth-order valence-corrected chi connectivity index (χ4v) is 5.62. The summed E-state index contributed by atoms with van der Waals surface area (Å²) in [6.07, 6.45) is 2.01. The second kappa shape index (κ2) is 7.53. The molecule has 160 valence electrons. The van der Waals surface area contributed by atoms with Gasteiger partial charge in [0.25, 0.3) is 0 Å². The Morgan fingerprint density at radius 1 is 0.485 bits per heavy atom. The highest BCUT2D eigenvalue weighted by Gasteiger charge is 2.42. The van der Waals surface area contributed by atoms with E-state index in [4.69, 9.17) is 11.5 Å². The highest BCUT2D eigenvalue weighted by atomic mass is 14.6. The maximum absolute atomic E-state index is 6.14. The molecule has 0 aromatic heterocycles. The molecule has 0 radical (unpaired) electrons. The Labute approximate surface area is 194 Å². The van der Waals surface area contributed by atoms with Crippen LogP contribution in [0.4, 0.5) is 11.4 Å². The summed E-state index contributed by atoms with van der Waals surface area (Å²) in [7, 11) is 0. The largest absolute Gasteiger partial charge is 0.399 e. The Bertz CT molecular complexity index is 1420. The van der Waals surface area contributed by atoms with E-state index < -0.39 is 5.41 Å². The molecule has 0 saturated carbocycles. The van der Waals surface area contributed by atoms with E-state index in [-0.39, 0.29) is 0 Å². The molecule has 5 aromatic rings. The van der Waals surface area contributed by atoms with E-state index in [2.05, 4.69) is 84.9 Å². The van der Waals surface area contributed by atoms with Crippen molar-refractivity contribution < 1.29 is 0 Å². The number of nitrogens with two attached hydrogens (primary N) is 2. The van der Waals surface area contributed by atoms with Gasteiger partial charge < -0.3 is 11.5 Å². The van der Waals surface area contributed by atoms with Crippen molar-refractivity contribution in [3.63, 3.8) is 0 Å². The summed E-state index contributed by atoms with van der Waals surface area (Å²) in [4.78, 5) is 0. The molecule has 0 heterocycles. The van der Waals surface area contributed by atoms with Crippen molar-refractivity contribution in [3.8, 4) is 0 Å². The van der Waals surface area contributed by atoms with E-state index in [0.717, 1.165) is 24.2 Å². The minimum absolute atomic E-state index is 0.464. The van der Waals surface area contributed by atoms with Crippen LogP contribution in [0, 0.1) is 0 Å². The molecule has 6 rings (SSSR count). The summed E-state index contributed by atoms with van der Waals surface area (Å²) in [6, 6.07) is 39.2. The third-order valence-corrected chi connectivity index (χ3v) is 7.15. The zero-order valence-corrected chi connectivity index (χ0v) is 18.5. The van der Waals surface area contributed by atoms with Crippen LogP contribution < -0.4 is 11.5 Å². The molecule has 0 aliphatic heterocycles. The first-order valence-electron chi connectivity index (χ1n) is 11.5. The normalized spacial score (nSPS) is 14.3. The third kappa shape index (κ3) is 3.02. The lowest BCUT2D eigenvalue weighted by Gasteiger charge is -2.38. The van der Waals surface area contributed by atoms with E-state index in [1.165, 1.54) is 44.2 Å². The standard InChI is InChI=1S/C31H26N2/c32-27-15-11-25(12-16-27)31(26-13-17-28(33)18-14-26)29-8-4-3-5-21(29)9-10-24-19-22-6-1-2-7-23(22)20-30(24)31/h1-8,11-20H,9-10,32-33H2. The second-order valence-electron chi connectivity index (χ2n) is 9.01. The molecule has 5 aromatic carbocycles. The summed E-state index contributed by atoms with van der Waals surface area (Å²) in [5, 5.41) is 2.54. The molecule has 0 fully saturated rings. The fourth-order valence-electron chi connectivity index (χ4n) is 5.62. The number of hydrogen-bond donors (Lipinski definition) is 2. The number of nitrogen functional groups attached to an aromatic ring is 2. The minimum Gasteiger partial charge on any atom is -0.399 e. The smallest absolute Gasteiger partial charge is 0.0707 e. The van der Waals surface area contributed by atoms with Crippen LogP contribution >= 0.6 is 0 Å². The van der Waals surface area contributed by atoms with Gasteiger partial charge in [0.15, 0.2) is 0 Å². The molecule has 33 heavy (non-hydrogen) atoms. The minimum atomic E-state index is -0.464. The van der Waals surface area contributed by atoms with Gasteiger partial charge >= 0.3 is 0 Å². The topological polar surface area (TPSA) is 52.0 Å². The molecule has 0 unspecified atom stereocenters. The van der Waals surface area contributed by atoms with Crippen LogP contribution in [0.3, 0.4) is 0 Å². The first kappa shape index (κ1) is 19.6. The molecule has 1 aliphatic rings. The van der Waals surface area contributed by atoms with Gasteiger partial charge in [-0.3, -0.25) is 0 Å². The van der Waals surface area contributed by atoms with Gasteiger partial charge in [0.05, 0.1) is 5.41 Å². The molecule has 0 atom stereocenters. The van der Waals surface area contributed by atoms with Crippen molar-refractivity contribution in [2.75, 3.05) is 11.5 Å². The van der Waals surface area contributed by atoms with E-state index in [1.54, 1.807) is 0 Å². The van der Waals surface area contributed by atoms with E-state index in [9.17, 15) is 0 Å². The molecular formula is C31H26N2. The average molecular weight is 427 g/mol. The van der Waals surface area contributed by atoms with Crippen molar-refractivity contribution >= 4 is 22.1 Å². The van der Waals surface area contributed by atoms with Crippen molar-refractivity contribution in [3.05, 3.63) is 143 Å². The molecule has 1 aliphatic carbocycles. The molecule has 2 nitrogen and oxygen atoms in total. The predicted molar refractivity (Wildman–Crippen MR) is 138 cm³/mol. The van der Waals surface area contributed by atoms with E-state index >= 15 is 0 Å². The van der Waals surface area contributed by atoms with Gasteiger partial charge in [-0.05, 0) is 87.3 Å². The molecule has 0 amide bonds. The summed E-state index contributed by atoms with van der Waals surface area (Å²) in [5.41, 5.74) is 21.2. The summed E-state index contributed by atoms with van der Waals surface area (Å²) < 4.78 is 0. The van der Waals surface area contributed by atoms with Gasteiger partial charge in [-0.15, -0.1) is 0 Å². The molecule has 2 heteroatoms. The monoisotopic (exact) mass is 426 g/mol. The lowest BCUT2D eigenvalue weighted by atomic mass is 9.63. The Morgan fingerprint density at radius 2 is 1.00 bits per heavy atom. The lowest BCUT2D eigenvalue weighted by molar-refractivity contribution is 0.741. The summed E-state index contributed by atoms with van der Waals surface area (Å²) in [6.45, 7) is 0. The SMILES string of the molecule is Nc1ccc(C2(c3ccc(N)cc3)c3ccccc3CCc3cc4ccccc4cc32)cc1. The van der Waals surface area contributed by atoms with Crippen LogP contribution in [0.5, 0.6) is 0 Å². The van der Waals surface area contributed by atoms with Crippen molar-refractivity contribution in [2.45, 2.75) is 18.3 Å². The van der Waals surface area contributed by atoms with E-state index in [1.807, 2.05) is 24.3 Å². The first-order chi connectivity index (χ1) is 16.2. The average Bonchev–Trinajstić information content (AvgIpc) is 2.99. The number of aryl methyl sites for hydroxylation is 2. The van der Waals surface area contributed by atoms with Gasteiger partial charge in [0.2, 0.25) is 0 Å². The number of hydrogen-bond acceptors (Lipinski definition) is 2. The van der Waals surface area contributed by atoms with Crippen molar-refractivity contribution in [1.82, 2.24) is 0 Å². The fraction of sp³-hybridized carbons (Fsp3) is 0.0968. The highest BCUT2D eigenvalue weighted by Crippen LogP contribution is 2.50. The van der Waals surface area contributed by atoms with Crippen LogP contribution in [0.1, 0.15) is 33.4 Å². The number of rotatable bonds is 2. The highest BCUT2D eigenvalue weighted by molar-refractivity contribution is 5.86. The maximum atomic E-state index is 6.14. The van der Waals surface area contributed by atoms with Crippen LogP contribution in [0.25, 0.3) is 10.8 Å². The second-order valence-corrected chi connectivity index (χ2v) is 9.01. The number of anilines is 2. The van der Waals surface area contributed by atoms with Gasteiger partial charge in [0, 0.05) is 11.4 Å². The Kier molecular flexibility index (Phi) is 4.48. The zero-order chi connectivity index (χ0) is 22.4. The molecule has 4 N–H and O–H groups in total. The maximum Gasteiger partial charge on any atom is 0.0707 e. The van der Waals surface area contributed by atoms with Gasteiger partial charge in [-0.25, -0.2) is 0 Å². The van der Waals surface area contributed by atoms with Crippen molar-refractivity contribution in [1.29, 1.82) is 0 Å². The molecule has 0 saturated heterocycles. The van der Waals surface area contributed by atoms with E-state index in [0.29, 0.717) is 0 Å². The number of fused-ring (bicyclic) bond motifs is 3. The van der Waals surface area contributed by atoms with Crippen LogP contribution in [0.2, 0.25) is 0 Å². The summed E-state index contributed by atoms with van der Waals surface area (Å²) in [5.74, 6) is 0. The van der Waals surface area contributed by atoms with Crippen molar-refractivity contribution in [2.24, 2.45) is 0 Å². The summed E-state index contributed by atoms with van der Waals surface area (Å²) >= 11 is 0. The van der Waals surface area contributed by atoms with Gasteiger partial charge in [-0.1, -0.05) is 78.9 Å². The first-order valence-corrected chi connectivity index (χ1v) is 11.5. The predicted octanol–water partition coefficient (Wildman–Crippen LogP) is 6.49. The van der Waals surface area contributed by atoms with Crippen LogP contribution in [-0.2, 0) is 18.3 Å². The van der Waals surface area contributed by atoms with Crippen LogP contribution in [0.15, 0.2) is 109 Å². The van der Waals surface area contributed by atoms with Gasteiger partial charge in [-0.2, -0.15) is 0 Å². The Balaban J connectivity index is 1.81. The third-order valence-electron chi connectivity index (χ3n) is 7.15. The molecule has 0 spiro atoms.